The monoisotopic (exact) mass is 430 g/mol. The van der Waals surface area contributed by atoms with Crippen LogP contribution in [0.5, 0.6) is 0 Å². The van der Waals surface area contributed by atoms with Crippen LogP contribution in [0.25, 0.3) is 0 Å². The summed E-state index contributed by atoms with van der Waals surface area (Å²) in [5.74, 6) is -0.748. The number of aliphatic imine (C=N–C) groups is 1. The van der Waals surface area contributed by atoms with Crippen molar-refractivity contribution in [2.45, 2.75) is 25.4 Å². The first-order valence-corrected chi connectivity index (χ1v) is 9.22. The van der Waals surface area contributed by atoms with Crippen LogP contribution in [0, 0.1) is 0 Å². The van der Waals surface area contributed by atoms with E-state index in [0.717, 1.165) is 17.7 Å². The summed E-state index contributed by atoms with van der Waals surface area (Å²) in [6, 6.07) is 5.95. The van der Waals surface area contributed by atoms with E-state index in [2.05, 4.69) is 15.6 Å². The molecule has 28 heavy (non-hydrogen) atoms. The Balaban J connectivity index is 1.92. The lowest BCUT2D eigenvalue weighted by Gasteiger charge is -2.18. The van der Waals surface area contributed by atoms with Gasteiger partial charge in [0.05, 0.1) is 0 Å². The Bertz CT molecular complexity index is 780. The van der Waals surface area contributed by atoms with Gasteiger partial charge in [-0.2, -0.15) is 0 Å². The molecule has 1 aliphatic heterocycles. The maximum absolute atomic E-state index is 13.2. The van der Waals surface area contributed by atoms with E-state index >= 15 is 0 Å². The Hall–Kier alpha value is -2.52. The van der Waals surface area contributed by atoms with Crippen LogP contribution in [0.2, 0.25) is 0 Å². The fourth-order valence-electron chi connectivity index (χ4n) is 2.60. The van der Waals surface area contributed by atoms with Gasteiger partial charge < -0.3 is 27.0 Å². The van der Waals surface area contributed by atoms with E-state index in [0.29, 0.717) is 13.0 Å². The zero-order valence-electron chi connectivity index (χ0n) is 14.9. The van der Waals surface area contributed by atoms with E-state index in [-0.39, 0.29) is 28.7 Å². The average molecular weight is 431 g/mol. The second-order valence-corrected chi connectivity index (χ2v) is 6.77. The number of alkyl halides is 1. The zero-order valence-corrected chi connectivity index (χ0v) is 16.4. The Morgan fingerprint density at radius 3 is 2.50 bits per heavy atom. The van der Waals surface area contributed by atoms with Crippen LogP contribution in [0.1, 0.15) is 18.4 Å². The second kappa shape index (κ2) is 10.1. The lowest BCUT2D eigenvalue weighted by molar-refractivity contribution is -0.123. The molecule has 0 bridgehead atoms. The van der Waals surface area contributed by atoms with E-state index in [1.807, 2.05) is 12.1 Å². The summed E-state index contributed by atoms with van der Waals surface area (Å²) < 4.78 is 13.2. The van der Waals surface area contributed by atoms with Gasteiger partial charge in [-0.3, -0.25) is 9.59 Å². The van der Waals surface area contributed by atoms with Gasteiger partial charge in [-0.15, -0.1) is 0 Å². The lowest BCUT2D eigenvalue weighted by atomic mass is 10.2. The molecule has 0 spiro atoms. The topological polar surface area (TPSA) is 126 Å². The highest BCUT2D eigenvalue weighted by molar-refractivity contribution is 6.64. The van der Waals surface area contributed by atoms with Crippen molar-refractivity contribution >= 4 is 46.0 Å². The Morgan fingerprint density at radius 2 is 1.96 bits per heavy atom. The van der Waals surface area contributed by atoms with E-state index in [9.17, 15) is 14.0 Å². The summed E-state index contributed by atoms with van der Waals surface area (Å²) in [6.45, 7) is -0.141. The zero-order chi connectivity index (χ0) is 20.7. The molecule has 1 heterocycles. The van der Waals surface area contributed by atoms with Crippen LogP contribution in [0.3, 0.4) is 0 Å². The van der Waals surface area contributed by atoms with Crippen LogP contribution in [0.15, 0.2) is 40.2 Å². The second-order valence-electron chi connectivity index (χ2n) is 6.02. The quantitative estimate of drug-likeness (QED) is 0.280. The molecule has 0 radical (unpaired) electrons. The molecule has 0 aromatic heterocycles. The van der Waals surface area contributed by atoms with Gasteiger partial charge in [0.25, 0.3) is 0 Å². The highest BCUT2D eigenvalue weighted by atomic mass is 35.5. The van der Waals surface area contributed by atoms with Gasteiger partial charge in [-0.25, -0.2) is 9.38 Å². The van der Waals surface area contributed by atoms with Crippen molar-refractivity contribution in [3.05, 3.63) is 40.8 Å². The van der Waals surface area contributed by atoms with E-state index in [4.69, 9.17) is 34.7 Å². The number of nitrogens with two attached hydrogens (primary N) is 2. The van der Waals surface area contributed by atoms with Crippen LogP contribution in [0.4, 0.5) is 10.1 Å². The maximum Gasteiger partial charge on any atom is 0.245 e. The fourth-order valence-corrected chi connectivity index (χ4v) is 2.88. The molecule has 1 fully saturated rings. The first-order valence-electron chi connectivity index (χ1n) is 8.46. The highest BCUT2D eigenvalue weighted by Gasteiger charge is 2.22. The number of hydrogen-bond acceptors (Lipinski definition) is 5. The largest absolute Gasteiger partial charge is 0.383 e. The standard InChI is InChI=1S/C17H21Cl2FN6O2/c18-14(25-17(19)22)15(21)24-12(8-20)16(28)23-9-10-3-5-11(6-4-10)26-7-1-2-13(26)27/h3-6,12,24H,1-2,7-9,21H2,(H2,22,25)(H,23,28)/b15-14+. The molecule has 11 heteroatoms. The van der Waals surface area contributed by atoms with Crippen molar-refractivity contribution in [1.82, 2.24) is 10.6 Å². The third-order valence-corrected chi connectivity index (χ3v) is 4.39. The number of nitrogens with zero attached hydrogens (tertiary/aromatic N) is 2. The molecule has 1 atom stereocenters. The molecule has 152 valence electrons. The van der Waals surface area contributed by atoms with Crippen molar-refractivity contribution in [3.63, 3.8) is 0 Å². The minimum Gasteiger partial charge on any atom is -0.383 e. The molecule has 8 nitrogen and oxygen atoms in total. The van der Waals surface area contributed by atoms with Gasteiger partial charge in [0, 0.05) is 25.2 Å². The summed E-state index contributed by atoms with van der Waals surface area (Å²) in [7, 11) is 0. The average Bonchev–Trinajstić information content (AvgIpc) is 3.09. The first kappa shape index (κ1) is 21.8. The number of benzene rings is 1. The summed E-state index contributed by atoms with van der Waals surface area (Å²) >= 11 is 11.1. The van der Waals surface area contributed by atoms with Gasteiger partial charge >= 0.3 is 0 Å². The number of carbonyl (C=O) groups is 2. The molecule has 0 aliphatic carbocycles. The van der Waals surface area contributed by atoms with Crippen LogP contribution >= 0.6 is 23.2 Å². The molecule has 1 aromatic carbocycles. The molecule has 6 N–H and O–H groups in total. The van der Waals surface area contributed by atoms with Crippen molar-refractivity contribution < 1.29 is 14.0 Å². The van der Waals surface area contributed by atoms with E-state index in [1.54, 1.807) is 17.0 Å². The molecular weight excluding hydrogens is 410 g/mol. The van der Waals surface area contributed by atoms with Gasteiger partial charge in [0.1, 0.15) is 18.5 Å². The van der Waals surface area contributed by atoms with E-state index in [1.165, 1.54) is 0 Å². The van der Waals surface area contributed by atoms with Gasteiger partial charge in [-0.05, 0) is 35.7 Å². The summed E-state index contributed by atoms with van der Waals surface area (Å²) in [5.41, 5.74) is 12.4. The Kier molecular flexibility index (Phi) is 7.89. The lowest BCUT2D eigenvalue weighted by Crippen LogP contribution is -2.46. The van der Waals surface area contributed by atoms with Crippen molar-refractivity contribution in [2.24, 2.45) is 16.5 Å². The number of carbonyl (C=O) groups excluding carboxylic acids is 2. The Morgan fingerprint density at radius 1 is 1.29 bits per heavy atom. The minimum atomic E-state index is -1.26. The minimum absolute atomic E-state index is 0.0995. The molecule has 1 unspecified atom stereocenters. The summed E-state index contributed by atoms with van der Waals surface area (Å²) in [5, 5.41) is 4.40. The molecule has 0 saturated carbocycles. The SMILES string of the molecule is NC(Cl)=N/C(Cl)=C(\N)NC(CF)C(=O)NCc1ccc(N2CCCC2=O)cc1. The van der Waals surface area contributed by atoms with Gasteiger partial charge in [-0.1, -0.05) is 23.7 Å². The smallest absolute Gasteiger partial charge is 0.245 e. The van der Waals surface area contributed by atoms with Gasteiger partial charge in [0.2, 0.25) is 11.8 Å². The van der Waals surface area contributed by atoms with Crippen molar-refractivity contribution in [3.8, 4) is 0 Å². The number of hydrogen-bond donors (Lipinski definition) is 4. The molecule has 2 rings (SSSR count). The van der Waals surface area contributed by atoms with Crippen LogP contribution < -0.4 is 27.0 Å². The molecule has 1 saturated heterocycles. The molecule has 1 aromatic rings. The number of amides is 2. The maximum atomic E-state index is 13.2. The van der Waals surface area contributed by atoms with Crippen LogP contribution in [-0.2, 0) is 16.1 Å². The number of nitrogens with one attached hydrogen (secondary N) is 2. The van der Waals surface area contributed by atoms with Crippen molar-refractivity contribution in [2.75, 3.05) is 18.1 Å². The summed E-state index contributed by atoms with van der Waals surface area (Å²) in [6.07, 6.45) is 1.40. The number of halogens is 3. The van der Waals surface area contributed by atoms with Gasteiger partial charge in [0.15, 0.2) is 10.5 Å². The van der Waals surface area contributed by atoms with Crippen molar-refractivity contribution in [1.29, 1.82) is 0 Å². The Labute approximate surface area is 171 Å². The summed E-state index contributed by atoms with van der Waals surface area (Å²) in [4.78, 5) is 29.2. The predicted octanol–water partition coefficient (Wildman–Crippen LogP) is 1.23. The normalized spacial score (nSPS) is 16.6. The third kappa shape index (κ3) is 6.00. The fraction of sp³-hybridized carbons (Fsp3) is 0.353. The number of amidine groups is 1. The predicted molar refractivity (Wildman–Crippen MR) is 107 cm³/mol. The first-order chi connectivity index (χ1) is 13.3. The molecule has 2 amide bonds. The number of rotatable bonds is 8. The molecular formula is C17H21Cl2FN6O2. The molecule has 1 aliphatic rings. The van der Waals surface area contributed by atoms with Crippen LogP contribution in [-0.4, -0.2) is 36.4 Å². The third-order valence-electron chi connectivity index (χ3n) is 4.02. The van der Waals surface area contributed by atoms with E-state index < -0.39 is 18.6 Å². The number of anilines is 1. The highest BCUT2D eigenvalue weighted by Crippen LogP contribution is 2.21.